The van der Waals surface area contributed by atoms with Gasteiger partial charge in [-0.05, 0) is 45.4 Å². The molecule has 0 unspecified atom stereocenters. The molecule has 0 aliphatic heterocycles. The second-order valence-corrected chi connectivity index (χ2v) is 5.23. The summed E-state index contributed by atoms with van der Waals surface area (Å²) in [6.45, 7) is 4.60. The minimum absolute atomic E-state index is 0.134. The molecule has 0 bridgehead atoms. The molecule has 0 saturated heterocycles. The van der Waals surface area contributed by atoms with Crippen molar-refractivity contribution in [3.8, 4) is 0 Å². The van der Waals surface area contributed by atoms with Crippen molar-refractivity contribution >= 4 is 12.0 Å². The Morgan fingerprint density at radius 1 is 1.29 bits per heavy atom. The minimum Gasteiger partial charge on any atom is -0.481 e. The zero-order valence-corrected chi connectivity index (χ0v) is 10.6. The lowest BCUT2D eigenvalue weighted by atomic mass is 9.99. The molecule has 17 heavy (non-hydrogen) atoms. The highest BCUT2D eigenvalue weighted by Gasteiger charge is 2.38. The van der Waals surface area contributed by atoms with Crippen molar-refractivity contribution < 1.29 is 14.7 Å². The summed E-state index contributed by atoms with van der Waals surface area (Å²) in [5.74, 6) is -0.190. The first-order valence-electron chi connectivity index (χ1n) is 6.19. The summed E-state index contributed by atoms with van der Waals surface area (Å²) in [5, 5.41) is 14.1. The second kappa shape index (κ2) is 5.89. The van der Waals surface area contributed by atoms with E-state index < -0.39 is 5.97 Å². The maximum Gasteiger partial charge on any atom is 0.315 e. The van der Waals surface area contributed by atoms with E-state index in [1.807, 2.05) is 13.8 Å². The number of carboxylic acids is 1. The highest BCUT2D eigenvalue weighted by atomic mass is 16.4. The molecule has 0 heterocycles. The highest BCUT2D eigenvalue weighted by Crippen LogP contribution is 2.38. The van der Waals surface area contributed by atoms with Crippen LogP contribution in [-0.4, -0.2) is 29.2 Å². The summed E-state index contributed by atoms with van der Waals surface area (Å²) < 4.78 is 0. The Balaban J connectivity index is 2.06. The smallest absolute Gasteiger partial charge is 0.315 e. The number of carboxylic acid groups (broad SMARTS) is 1. The van der Waals surface area contributed by atoms with Gasteiger partial charge in [-0.25, -0.2) is 4.79 Å². The summed E-state index contributed by atoms with van der Waals surface area (Å²) >= 11 is 0. The van der Waals surface area contributed by atoms with Crippen molar-refractivity contribution in [3.63, 3.8) is 0 Å². The van der Waals surface area contributed by atoms with E-state index in [0.717, 1.165) is 0 Å². The molecule has 3 N–H and O–H groups in total. The van der Waals surface area contributed by atoms with Crippen LogP contribution in [0.5, 0.6) is 0 Å². The average Bonchev–Trinajstić information content (AvgIpc) is 2.98. The number of unbranched alkanes of at least 4 members (excludes halogenated alkanes) is 1. The predicted molar refractivity (Wildman–Crippen MR) is 64.8 cm³/mol. The highest BCUT2D eigenvalue weighted by molar-refractivity contribution is 5.74. The van der Waals surface area contributed by atoms with Gasteiger partial charge >= 0.3 is 12.0 Å². The first-order chi connectivity index (χ1) is 7.92. The Kier molecular flexibility index (Phi) is 4.78. The molecule has 98 valence electrons. The largest absolute Gasteiger partial charge is 0.481 e. The number of aliphatic carboxylic acids is 1. The fourth-order valence-electron chi connectivity index (χ4n) is 1.85. The SMILES string of the molecule is CC(C)(NC(=O)NCCCCC(=O)O)C1CC1. The Labute approximate surface area is 102 Å². The quantitative estimate of drug-likeness (QED) is 0.595. The summed E-state index contributed by atoms with van der Waals surface area (Å²) in [6.07, 6.45) is 3.83. The van der Waals surface area contributed by atoms with Gasteiger partial charge in [-0.2, -0.15) is 0 Å². The number of hydrogen-bond donors (Lipinski definition) is 3. The van der Waals surface area contributed by atoms with Gasteiger partial charge in [0.15, 0.2) is 0 Å². The number of carbonyl (C=O) groups is 2. The van der Waals surface area contributed by atoms with Crippen LogP contribution in [0.25, 0.3) is 0 Å². The first-order valence-corrected chi connectivity index (χ1v) is 6.19. The van der Waals surface area contributed by atoms with Crippen LogP contribution in [0, 0.1) is 5.92 Å². The van der Waals surface area contributed by atoms with Gasteiger partial charge in [0.1, 0.15) is 0 Å². The molecule has 0 atom stereocenters. The molecular formula is C12H22N2O3. The van der Waals surface area contributed by atoms with Crippen LogP contribution in [0.15, 0.2) is 0 Å². The molecule has 0 spiro atoms. The van der Waals surface area contributed by atoms with Crippen LogP contribution >= 0.6 is 0 Å². The van der Waals surface area contributed by atoms with E-state index in [2.05, 4.69) is 10.6 Å². The molecule has 1 rings (SSSR count). The van der Waals surface area contributed by atoms with Crippen molar-refractivity contribution in [2.75, 3.05) is 6.54 Å². The lowest BCUT2D eigenvalue weighted by Gasteiger charge is -2.26. The molecule has 1 aliphatic rings. The van der Waals surface area contributed by atoms with E-state index in [9.17, 15) is 9.59 Å². The fourth-order valence-corrected chi connectivity index (χ4v) is 1.85. The zero-order valence-electron chi connectivity index (χ0n) is 10.6. The van der Waals surface area contributed by atoms with E-state index in [1.165, 1.54) is 12.8 Å². The molecule has 0 aromatic rings. The van der Waals surface area contributed by atoms with Gasteiger partial charge in [0.2, 0.25) is 0 Å². The minimum atomic E-state index is -0.788. The standard InChI is InChI=1S/C12H22N2O3/c1-12(2,9-6-7-9)14-11(17)13-8-4-3-5-10(15)16/h9H,3-8H2,1-2H3,(H,15,16)(H2,13,14,17). The van der Waals surface area contributed by atoms with Crippen molar-refractivity contribution in [2.45, 2.75) is 51.5 Å². The van der Waals surface area contributed by atoms with Crippen LogP contribution in [-0.2, 0) is 4.79 Å². The molecule has 5 heteroatoms. The van der Waals surface area contributed by atoms with Gasteiger partial charge in [0.25, 0.3) is 0 Å². The number of amides is 2. The van der Waals surface area contributed by atoms with E-state index >= 15 is 0 Å². The third-order valence-electron chi connectivity index (χ3n) is 3.14. The third kappa shape index (κ3) is 5.56. The molecule has 0 aromatic carbocycles. The molecule has 2 amide bonds. The topological polar surface area (TPSA) is 78.4 Å². The first kappa shape index (κ1) is 13.8. The number of carbonyl (C=O) groups excluding carboxylic acids is 1. The number of urea groups is 1. The van der Waals surface area contributed by atoms with E-state index in [1.54, 1.807) is 0 Å². The van der Waals surface area contributed by atoms with Crippen LogP contribution in [0.1, 0.15) is 46.0 Å². The van der Waals surface area contributed by atoms with Crippen molar-refractivity contribution in [1.82, 2.24) is 10.6 Å². The average molecular weight is 242 g/mol. The Morgan fingerprint density at radius 3 is 2.47 bits per heavy atom. The number of nitrogens with one attached hydrogen (secondary N) is 2. The van der Waals surface area contributed by atoms with Crippen LogP contribution in [0.2, 0.25) is 0 Å². The van der Waals surface area contributed by atoms with Gasteiger partial charge in [-0.15, -0.1) is 0 Å². The van der Waals surface area contributed by atoms with E-state index in [-0.39, 0.29) is 18.0 Å². The van der Waals surface area contributed by atoms with E-state index in [4.69, 9.17) is 5.11 Å². The Morgan fingerprint density at radius 2 is 1.94 bits per heavy atom. The molecule has 1 saturated carbocycles. The van der Waals surface area contributed by atoms with Crippen LogP contribution in [0.3, 0.4) is 0 Å². The van der Waals surface area contributed by atoms with Gasteiger partial charge < -0.3 is 15.7 Å². The van der Waals surface area contributed by atoms with Gasteiger partial charge in [-0.1, -0.05) is 0 Å². The molecule has 1 fully saturated rings. The number of rotatable bonds is 7. The van der Waals surface area contributed by atoms with Crippen molar-refractivity contribution in [1.29, 1.82) is 0 Å². The normalized spacial score (nSPS) is 15.4. The third-order valence-corrected chi connectivity index (χ3v) is 3.14. The van der Waals surface area contributed by atoms with Gasteiger partial charge in [0, 0.05) is 18.5 Å². The maximum absolute atomic E-state index is 11.5. The molecule has 0 aromatic heterocycles. The predicted octanol–water partition coefficient (Wildman–Crippen LogP) is 1.73. The van der Waals surface area contributed by atoms with E-state index in [0.29, 0.717) is 25.3 Å². The fraction of sp³-hybridized carbons (Fsp3) is 0.833. The lowest BCUT2D eigenvalue weighted by molar-refractivity contribution is -0.137. The Bertz CT molecular complexity index is 285. The molecule has 5 nitrogen and oxygen atoms in total. The number of hydrogen-bond acceptors (Lipinski definition) is 2. The second-order valence-electron chi connectivity index (χ2n) is 5.23. The van der Waals surface area contributed by atoms with Crippen molar-refractivity contribution in [3.05, 3.63) is 0 Å². The maximum atomic E-state index is 11.5. The zero-order chi connectivity index (χ0) is 12.9. The summed E-state index contributed by atoms with van der Waals surface area (Å²) in [5.41, 5.74) is -0.134. The van der Waals surface area contributed by atoms with Crippen LogP contribution in [0.4, 0.5) is 4.79 Å². The van der Waals surface area contributed by atoms with Gasteiger partial charge in [0.05, 0.1) is 0 Å². The van der Waals surface area contributed by atoms with Crippen molar-refractivity contribution in [2.24, 2.45) is 5.92 Å². The summed E-state index contributed by atoms with van der Waals surface area (Å²) in [6, 6.07) is -0.155. The van der Waals surface area contributed by atoms with Gasteiger partial charge in [-0.3, -0.25) is 4.79 Å². The summed E-state index contributed by atoms with van der Waals surface area (Å²) in [7, 11) is 0. The molecule has 1 aliphatic carbocycles. The van der Waals surface area contributed by atoms with Crippen LogP contribution < -0.4 is 10.6 Å². The molecule has 0 radical (unpaired) electrons. The summed E-state index contributed by atoms with van der Waals surface area (Å²) in [4.78, 5) is 21.8. The monoisotopic (exact) mass is 242 g/mol. The molecular weight excluding hydrogens is 220 g/mol. The lowest BCUT2D eigenvalue weighted by Crippen LogP contribution is -2.49. The Hall–Kier alpha value is -1.26.